The number of hydrogen-bond donors (Lipinski definition) is 1. The molecule has 1 atom stereocenters. The van der Waals surface area contributed by atoms with Crippen molar-refractivity contribution in [3.05, 3.63) is 111 Å². The Balaban J connectivity index is 1.60. The molecule has 1 unspecified atom stereocenters. The fraction of sp³-hybridized carbons (Fsp3) is 0.120. The summed E-state index contributed by atoms with van der Waals surface area (Å²) in [6.45, 7) is 0. The van der Waals surface area contributed by atoms with Crippen LogP contribution in [0.15, 0.2) is 83.8 Å². The molecule has 0 spiro atoms. The molecular weight excluding hydrogens is 454 g/mol. The van der Waals surface area contributed by atoms with E-state index in [2.05, 4.69) is 5.43 Å². The second-order valence-corrected chi connectivity index (χ2v) is 8.60. The van der Waals surface area contributed by atoms with Crippen molar-refractivity contribution in [3.63, 3.8) is 0 Å². The van der Waals surface area contributed by atoms with Crippen LogP contribution in [0.5, 0.6) is 5.75 Å². The fourth-order valence-corrected chi connectivity index (χ4v) is 4.63. The van der Waals surface area contributed by atoms with E-state index in [0.29, 0.717) is 16.2 Å². The Kier molecular flexibility index (Phi) is 6.93. The zero-order valence-corrected chi connectivity index (χ0v) is 19.0. The van der Waals surface area contributed by atoms with E-state index in [1.807, 2.05) is 42.5 Å². The van der Waals surface area contributed by atoms with Gasteiger partial charge in [-0.1, -0.05) is 54.2 Å². The third kappa shape index (κ3) is 5.26. The molecule has 1 fully saturated rings. The normalized spacial score (nSPS) is 16.5. The topological polar surface area (TPSA) is 102 Å². The first-order valence-corrected chi connectivity index (χ1v) is 11.3. The van der Waals surface area contributed by atoms with Crippen LogP contribution < -0.4 is 10.2 Å². The molecule has 172 valence electrons. The molecule has 1 N–H and O–H groups in total. The Labute approximate surface area is 200 Å². The molecule has 8 nitrogen and oxygen atoms in total. The number of rotatable bonds is 7. The number of hydrogen-bond acceptors (Lipinski definition) is 6. The molecular formula is C25H21N3O5S. The van der Waals surface area contributed by atoms with Crippen molar-refractivity contribution >= 4 is 35.3 Å². The lowest BCUT2D eigenvalue weighted by Crippen LogP contribution is -2.44. The van der Waals surface area contributed by atoms with Crippen LogP contribution in [0.1, 0.15) is 22.1 Å². The van der Waals surface area contributed by atoms with Crippen molar-refractivity contribution in [3.8, 4) is 5.75 Å². The summed E-state index contributed by atoms with van der Waals surface area (Å²) < 4.78 is 5.22. The highest BCUT2D eigenvalue weighted by Gasteiger charge is 2.38. The van der Waals surface area contributed by atoms with Crippen LogP contribution in [-0.2, 0) is 16.0 Å². The minimum absolute atomic E-state index is 0.0292. The molecule has 1 heterocycles. The van der Waals surface area contributed by atoms with E-state index in [0.717, 1.165) is 11.1 Å². The van der Waals surface area contributed by atoms with Gasteiger partial charge in [-0.15, -0.1) is 0 Å². The fourth-order valence-electron chi connectivity index (χ4n) is 3.44. The number of carbonyl (C=O) groups excluding carboxylic acids is 2. The van der Waals surface area contributed by atoms with Crippen molar-refractivity contribution < 1.29 is 19.2 Å². The van der Waals surface area contributed by atoms with E-state index in [1.165, 1.54) is 28.9 Å². The van der Waals surface area contributed by atoms with Gasteiger partial charge in [0.25, 0.3) is 11.6 Å². The van der Waals surface area contributed by atoms with Crippen molar-refractivity contribution in [2.75, 3.05) is 7.11 Å². The number of benzene rings is 3. The Morgan fingerprint density at radius 3 is 2.38 bits per heavy atom. The van der Waals surface area contributed by atoms with Crippen LogP contribution in [0, 0.1) is 10.1 Å². The minimum atomic E-state index is -0.484. The summed E-state index contributed by atoms with van der Waals surface area (Å²) in [5.41, 5.74) is 5.02. The summed E-state index contributed by atoms with van der Waals surface area (Å²) in [7, 11) is 1.57. The van der Waals surface area contributed by atoms with Crippen LogP contribution in [0.25, 0.3) is 6.08 Å². The summed E-state index contributed by atoms with van der Waals surface area (Å²) in [5.74, 6) is 0.0141. The van der Waals surface area contributed by atoms with Crippen LogP contribution in [0.3, 0.4) is 0 Å². The van der Waals surface area contributed by atoms with Gasteiger partial charge in [-0.3, -0.25) is 25.1 Å². The lowest BCUT2D eigenvalue weighted by molar-refractivity contribution is -0.384. The van der Waals surface area contributed by atoms with Crippen molar-refractivity contribution in [2.24, 2.45) is 0 Å². The molecule has 2 amide bonds. The Bertz CT molecular complexity index is 1230. The maximum absolute atomic E-state index is 13.3. The molecule has 9 heteroatoms. The van der Waals surface area contributed by atoms with Gasteiger partial charge >= 0.3 is 0 Å². The van der Waals surface area contributed by atoms with Gasteiger partial charge in [0.15, 0.2) is 0 Å². The minimum Gasteiger partial charge on any atom is -0.497 e. The maximum Gasteiger partial charge on any atom is 0.280 e. The molecule has 1 aliphatic rings. The third-order valence-corrected chi connectivity index (χ3v) is 6.41. The zero-order valence-electron chi connectivity index (χ0n) is 18.2. The van der Waals surface area contributed by atoms with Gasteiger partial charge in [0, 0.05) is 12.1 Å². The van der Waals surface area contributed by atoms with Crippen molar-refractivity contribution in [2.45, 2.75) is 11.8 Å². The zero-order chi connectivity index (χ0) is 24.1. The number of nitrogens with one attached hydrogen (secondary N) is 1. The molecule has 0 radical (unpaired) electrons. The molecule has 0 bridgehead atoms. The molecule has 34 heavy (non-hydrogen) atoms. The highest BCUT2D eigenvalue weighted by Crippen LogP contribution is 2.45. The summed E-state index contributed by atoms with van der Waals surface area (Å²) in [6, 6.07) is 22.5. The van der Waals surface area contributed by atoms with Crippen LogP contribution >= 0.6 is 11.8 Å². The number of hydrazine groups is 1. The molecule has 0 aliphatic carbocycles. The molecule has 4 rings (SSSR count). The highest BCUT2D eigenvalue weighted by atomic mass is 32.2. The van der Waals surface area contributed by atoms with Crippen LogP contribution in [-0.4, -0.2) is 28.9 Å². The smallest absolute Gasteiger partial charge is 0.280 e. The van der Waals surface area contributed by atoms with E-state index < -0.39 is 10.3 Å². The molecule has 1 saturated heterocycles. The monoisotopic (exact) mass is 475 g/mol. The first-order chi connectivity index (χ1) is 16.4. The van der Waals surface area contributed by atoms with Gasteiger partial charge < -0.3 is 4.74 Å². The standard InChI is InChI=1S/C25H21N3O5S/c1-33-21-13-9-19(10-14-21)25-27(26-23(29)16-17-5-3-2-4-6-17)24(30)22(34-25)15-18-7-11-20(12-8-18)28(31)32/h2-15,25H,16H2,1H3,(H,26,29)/b22-15-. The molecule has 3 aromatic carbocycles. The Morgan fingerprint density at radius 1 is 1.09 bits per heavy atom. The first kappa shape index (κ1) is 23.1. The second kappa shape index (κ2) is 10.2. The summed E-state index contributed by atoms with van der Waals surface area (Å²) in [4.78, 5) is 36.9. The predicted octanol–water partition coefficient (Wildman–Crippen LogP) is 4.49. The van der Waals surface area contributed by atoms with Crippen LogP contribution in [0.4, 0.5) is 5.69 Å². The van der Waals surface area contributed by atoms with Gasteiger partial charge in [-0.25, -0.2) is 5.01 Å². The number of carbonyl (C=O) groups is 2. The van der Waals surface area contributed by atoms with E-state index in [1.54, 1.807) is 37.5 Å². The third-order valence-electron chi connectivity index (χ3n) is 5.16. The molecule has 1 aliphatic heterocycles. The van der Waals surface area contributed by atoms with E-state index >= 15 is 0 Å². The number of nitrogens with zero attached hydrogens (tertiary/aromatic N) is 2. The average Bonchev–Trinajstić information content (AvgIpc) is 3.15. The summed E-state index contributed by atoms with van der Waals surface area (Å²) in [6.07, 6.45) is 1.79. The van der Waals surface area contributed by atoms with Crippen LogP contribution in [0.2, 0.25) is 0 Å². The number of thioether (sulfide) groups is 1. The first-order valence-electron chi connectivity index (χ1n) is 10.4. The number of ether oxygens (including phenoxy) is 1. The lowest BCUT2D eigenvalue weighted by Gasteiger charge is -2.24. The second-order valence-electron chi connectivity index (χ2n) is 7.47. The number of nitro groups is 1. The van der Waals surface area contributed by atoms with E-state index in [-0.39, 0.29) is 23.9 Å². The Hall–Kier alpha value is -4.11. The van der Waals surface area contributed by atoms with Gasteiger partial charge in [0.1, 0.15) is 11.1 Å². The van der Waals surface area contributed by atoms with Gasteiger partial charge in [-0.2, -0.15) is 0 Å². The molecule has 3 aromatic rings. The quantitative estimate of drug-likeness (QED) is 0.307. The van der Waals surface area contributed by atoms with Gasteiger partial charge in [0.2, 0.25) is 5.91 Å². The Morgan fingerprint density at radius 2 is 1.76 bits per heavy atom. The molecule has 0 aromatic heterocycles. The van der Waals surface area contributed by atoms with E-state index in [4.69, 9.17) is 4.74 Å². The summed E-state index contributed by atoms with van der Waals surface area (Å²) >= 11 is 1.30. The largest absolute Gasteiger partial charge is 0.497 e. The number of methoxy groups -OCH3 is 1. The predicted molar refractivity (Wildman–Crippen MR) is 130 cm³/mol. The number of nitro benzene ring substituents is 1. The van der Waals surface area contributed by atoms with Gasteiger partial charge in [0.05, 0.1) is 23.4 Å². The maximum atomic E-state index is 13.3. The van der Waals surface area contributed by atoms with Gasteiger partial charge in [-0.05, 0) is 47.0 Å². The summed E-state index contributed by atoms with van der Waals surface area (Å²) in [5, 5.41) is 11.8. The lowest BCUT2D eigenvalue weighted by atomic mass is 10.1. The van der Waals surface area contributed by atoms with Crippen molar-refractivity contribution in [1.82, 2.24) is 10.4 Å². The molecule has 0 saturated carbocycles. The highest BCUT2D eigenvalue weighted by molar-refractivity contribution is 8.04. The van der Waals surface area contributed by atoms with Crippen molar-refractivity contribution in [1.29, 1.82) is 0 Å². The number of amides is 2. The van der Waals surface area contributed by atoms with E-state index in [9.17, 15) is 19.7 Å². The average molecular weight is 476 g/mol. The number of non-ortho nitro benzene ring substituents is 1. The SMILES string of the molecule is COc1ccc(C2S/C(=C\c3ccc([N+](=O)[O-])cc3)C(=O)N2NC(=O)Cc2ccccc2)cc1.